The van der Waals surface area contributed by atoms with Crippen LogP contribution in [0.1, 0.15) is 44.7 Å². The summed E-state index contributed by atoms with van der Waals surface area (Å²) < 4.78 is 5.47. The Morgan fingerprint density at radius 1 is 1.48 bits per heavy atom. The summed E-state index contributed by atoms with van der Waals surface area (Å²) in [5.41, 5.74) is 2.06. The maximum Gasteiger partial charge on any atom is 0.410 e. The van der Waals surface area contributed by atoms with Gasteiger partial charge in [-0.05, 0) is 70.2 Å². The highest BCUT2D eigenvalue weighted by molar-refractivity contribution is 5.68. The van der Waals surface area contributed by atoms with Crippen molar-refractivity contribution < 1.29 is 9.53 Å². The number of amides is 1. The topological polar surface area (TPSA) is 54.5 Å². The van der Waals surface area contributed by atoms with E-state index in [9.17, 15) is 4.79 Å². The lowest BCUT2D eigenvalue weighted by molar-refractivity contribution is 0.0166. The normalized spacial score (nSPS) is 18.8. The SMILES string of the molecule is Cc1cnccc1CNCC1CCCN(C(=O)OC(C)(C)C)C1. The van der Waals surface area contributed by atoms with Crippen LogP contribution in [-0.2, 0) is 11.3 Å². The quantitative estimate of drug-likeness (QED) is 0.926. The molecule has 1 atom stereocenters. The first-order chi connectivity index (χ1) is 10.8. The molecule has 0 bridgehead atoms. The molecule has 128 valence electrons. The van der Waals surface area contributed by atoms with Crippen molar-refractivity contribution in [3.63, 3.8) is 0 Å². The Labute approximate surface area is 139 Å². The molecule has 1 amide bonds. The minimum atomic E-state index is -0.429. The number of ether oxygens (including phenoxy) is 1. The van der Waals surface area contributed by atoms with Crippen molar-refractivity contribution in [2.45, 2.75) is 52.7 Å². The lowest BCUT2D eigenvalue weighted by atomic mass is 9.98. The average Bonchev–Trinajstić information content (AvgIpc) is 2.48. The number of pyridine rings is 1. The largest absolute Gasteiger partial charge is 0.444 e. The predicted octanol–water partition coefficient (Wildman–Crippen LogP) is 3.13. The van der Waals surface area contributed by atoms with Gasteiger partial charge in [0.2, 0.25) is 0 Å². The van der Waals surface area contributed by atoms with Gasteiger partial charge >= 0.3 is 6.09 Å². The van der Waals surface area contributed by atoms with Gasteiger partial charge in [0, 0.05) is 32.0 Å². The van der Waals surface area contributed by atoms with Crippen molar-refractivity contribution in [1.29, 1.82) is 0 Å². The van der Waals surface area contributed by atoms with E-state index in [1.807, 2.05) is 38.1 Å². The molecule has 2 heterocycles. The number of rotatable bonds is 4. The van der Waals surface area contributed by atoms with Gasteiger partial charge in [-0.2, -0.15) is 0 Å². The Kier molecular flexibility index (Phi) is 5.99. The van der Waals surface area contributed by atoms with E-state index in [1.54, 1.807) is 0 Å². The number of nitrogens with zero attached hydrogens (tertiary/aromatic N) is 2. The minimum Gasteiger partial charge on any atom is -0.444 e. The third-order valence-electron chi connectivity index (χ3n) is 4.06. The van der Waals surface area contributed by atoms with Gasteiger partial charge in [0.15, 0.2) is 0 Å². The first kappa shape index (κ1) is 17.7. The first-order valence-corrected chi connectivity index (χ1v) is 8.43. The number of piperidine rings is 1. The molecular weight excluding hydrogens is 290 g/mol. The van der Waals surface area contributed by atoms with E-state index in [-0.39, 0.29) is 6.09 Å². The van der Waals surface area contributed by atoms with Gasteiger partial charge in [-0.1, -0.05) is 0 Å². The first-order valence-electron chi connectivity index (χ1n) is 8.43. The van der Waals surface area contributed by atoms with E-state index in [2.05, 4.69) is 23.3 Å². The molecule has 1 N–H and O–H groups in total. The lowest BCUT2D eigenvalue weighted by Crippen LogP contribution is -2.45. The fourth-order valence-electron chi connectivity index (χ4n) is 2.84. The number of likely N-dealkylation sites (tertiary alicyclic amines) is 1. The highest BCUT2D eigenvalue weighted by atomic mass is 16.6. The Bertz CT molecular complexity index is 525. The molecule has 1 unspecified atom stereocenters. The van der Waals surface area contributed by atoms with Gasteiger partial charge in [0.1, 0.15) is 5.60 Å². The smallest absolute Gasteiger partial charge is 0.410 e. The van der Waals surface area contributed by atoms with Crippen LogP contribution in [0.5, 0.6) is 0 Å². The van der Waals surface area contributed by atoms with Gasteiger partial charge < -0.3 is 15.0 Å². The maximum atomic E-state index is 12.2. The van der Waals surface area contributed by atoms with Crippen LogP contribution in [0.3, 0.4) is 0 Å². The number of aryl methyl sites for hydroxylation is 1. The van der Waals surface area contributed by atoms with E-state index in [0.29, 0.717) is 5.92 Å². The predicted molar refractivity (Wildman–Crippen MR) is 91.2 cm³/mol. The molecule has 1 saturated heterocycles. The lowest BCUT2D eigenvalue weighted by Gasteiger charge is -2.34. The highest BCUT2D eigenvalue weighted by Gasteiger charge is 2.27. The summed E-state index contributed by atoms with van der Waals surface area (Å²) in [4.78, 5) is 18.1. The van der Waals surface area contributed by atoms with E-state index in [0.717, 1.165) is 39.0 Å². The van der Waals surface area contributed by atoms with Crippen LogP contribution in [0.15, 0.2) is 18.5 Å². The van der Waals surface area contributed by atoms with Crippen molar-refractivity contribution in [1.82, 2.24) is 15.2 Å². The van der Waals surface area contributed by atoms with Crippen molar-refractivity contribution in [2.75, 3.05) is 19.6 Å². The highest BCUT2D eigenvalue weighted by Crippen LogP contribution is 2.19. The van der Waals surface area contributed by atoms with Gasteiger partial charge in [-0.25, -0.2) is 4.79 Å². The van der Waals surface area contributed by atoms with Crippen LogP contribution in [0.4, 0.5) is 4.79 Å². The molecule has 1 aromatic heterocycles. The summed E-state index contributed by atoms with van der Waals surface area (Å²) in [5, 5.41) is 3.51. The molecule has 1 aromatic rings. The summed E-state index contributed by atoms with van der Waals surface area (Å²) in [7, 11) is 0. The molecule has 1 aliphatic heterocycles. The zero-order valence-electron chi connectivity index (χ0n) is 14.8. The third-order valence-corrected chi connectivity index (χ3v) is 4.06. The Morgan fingerprint density at radius 3 is 2.96 bits per heavy atom. The van der Waals surface area contributed by atoms with E-state index in [4.69, 9.17) is 4.74 Å². The summed E-state index contributed by atoms with van der Waals surface area (Å²) in [6, 6.07) is 2.05. The molecule has 0 spiro atoms. The van der Waals surface area contributed by atoms with Gasteiger partial charge in [0.25, 0.3) is 0 Å². The second-order valence-corrected chi connectivity index (χ2v) is 7.37. The molecule has 23 heavy (non-hydrogen) atoms. The van der Waals surface area contributed by atoms with Crippen molar-refractivity contribution in [3.8, 4) is 0 Å². The Morgan fingerprint density at radius 2 is 2.26 bits per heavy atom. The third kappa shape index (κ3) is 5.82. The molecule has 5 nitrogen and oxygen atoms in total. The number of nitrogens with one attached hydrogen (secondary N) is 1. The van der Waals surface area contributed by atoms with Crippen LogP contribution >= 0.6 is 0 Å². The molecule has 1 fully saturated rings. The standard InChI is InChI=1S/C18H29N3O2/c1-14-10-19-8-7-16(14)12-20-11-15-6-5-9-21(13-15)17(22)23-18(2,3)4/h7-8,10,15,20H,5-6,9,11-13H2,1-4H3. The molecule has 2 rings (SSSR count). The Hall–Kier alpha value is -1.62. The van der Waals surface area contributed by atoms with Crippen molar-refractivity contribution in [2.24, 2.45) is 5.92 Å². The Balaban J connectivity index is 1.78. The van der Waals surface area contributed by atoms with Crippen LogP contribution in [0.2, 0.25) is 0 Å². The van der Waals surface area contributed by atoms with E-state index in [1.165, 1.54) is 11.1 Å². The summed E-state index contributed by atoms with van der Waals surface area (Å²) in [5.74, 6) is 0.485. The van der Waals surface area contributed by atoms with Crippen molar-refractivity contribution in [3.05, 3.63) is 29.6 Å². The molecule has 1 aliphatic rings. The number of hydrogen-bond acceptors (Lipinski definition) is 4. The van der Waals surface area contributed by atoms with Crippen LogP contribution in [-0.4, -0.2) is 41.2 Å². The van der Waals surface area contributed by atoms with E-state index < -0.39 is 5.60 Å². The molecule has 0 radical (unpaired) electrons. The molecule has 0 aliphatic carbocycles. The molecule has 0 aromatic carbocycles. The summed E-state index contributed by atoms with van der Waals surface area (Å²) in [6.07, 6.45) is 5.73. The number of hydrogen-bond donors (Lipinski definition) is 1. The van der Waals surface area contributed by atoms with Crippen LogP contribution < -0.4 is 5.32 Å². The van der Waals surface area contributed by atoms with Crippen LogP contribution in [0.25, 0.3) is 0 Å². The fourth-order valence-corrected chi connectivity index (χ4v) is 2.84. The van der Waals surface area contributed by atoms with Gasteiger partial charge in [0.05, 0.1) is 0 Å². The number of carbonyl (C=O) groups excluding carboxylic acids is 1. The maximum absolute atomic E-state index is 12.2. The number of aromatic nitrogens is 1. The second-order valence-electron chi connectivity index (χ2n) is 7.37. The number of carbonyl (C=O) groups is 1. The minimum absolute atomic E-state index is 0.188. The zero-order chi connectivity index (χ0) is 16.9. The molecular formula is C18H29N3O2. The molecule has 0 saturated carbocycles. The summed E-state index contributed by atoms with van der Waals surface area (Å²) in [6.45, 7) is 11.1. The zero-order valence-corrected chi connectivity index (χ0v) is 14.8. The van der Waals surface area contributed by atoms with Crippen LogP contribution in [0, 0.1) is 12.8 Å². The summed E-state index contributed by atoms with van der Waals surface area (Å²) >= 11 is 0. The van der Waals surface area contributed by atoms with Gasteiger partial charge in [-0.3, -0.25) is 4.98 Å². The van der Waals surface area contributed by atoms with E-state index >= 15 is 0 Å². The average molecular weight is 319 g/mol. The monoisotopic (exact) mass is 319 g/mol. The second kappa shape index (κ2) is 7.77. The fraction of sp³-hybridized carbons (Fsp3) is 0.667. The van der Waals surface area contributed by atoms with Crippen molar-refractivity contribution >= 4 is 6.09 Å². The molecule has 5 heteroatoms. The van der Waals surface area contributed by atoms with Gasteiger partial charge in [-0.15, -0.1) is 0 Å².